The molecule has 0 aromatic heterocycles. The normalized spacial score (nSPS) is 21.8. The molecule has 0 spiro atoms. The number of hydrogen-bond donors (Lipinski definition) is 2. The number of rotatable bonds is 3. The van der Waals surface area contributed by atoms with E-state index in [1.54, 1.807) is 4.90 Å². The zero-order valence-electron chi connectivity index (χ0n) is 7.72. The van der Waals surface area contributed by atoms with Gasteiger partial charge in [0.15, 0.2) is 0 Å². The summed E-state index contributed by atoms with van der Waals surface area (Å²) in [4.78, 5) is 23.0. The minimum atomic E-state index is -1.13. The van der Waals surface area contributed by atoms with Gasteiger partial charge in [0.2, 0.25) is 5.91 Å². The van der Waals surface area contributed by atoms with Crippen molar-refractivity contribution in [1.82, 2.24) is 4.90 Å². The zero-order chi connectivity index (χ0) is 10.6. The molecular formula is C9H13NO4. The van der Waals surface area contributed by atoms with Crippen LogP contribution in [0.5, 0.6) is 0 Å². The van der Waals surface area contributed by atoms with E-state index in [1.807, 2.05) is 0 Å². The SMILES string of the molecule is O=C(O)/C=C/C(=O)N1CCC(CO)C1. The predicted molar refractivity (Wildman–Crippen MR) is 48.5 cm³/mol. The number of carbonyl (C=O) groups excluding carboxylic acids is 1. The Morgan fingerprint density at radius 1 is 1.43 bits per heavy atom. The van der Waals surface area contributed by atoms with Crippen LogP contribution in [-0.4, -0.2) is 46.7 Å². The largest absolute Gasteiger partial charge is 0.478 e. The number of carbonyl (C=O) groups is 2. The van der Waals surface area contributed by atoms with Crippen LogP contribution in [0.3, 0.4) is 0 Å². The van der Waals surface area contributed by atoms with E-state index in [-0.39, 0.29) is 18.4 Å². The van der Waals surface area contributed by atoms with Crippen LogP contribution in [0.15, 0.2) is 12.2 Å². The van der Waals surface area contributed by atoms with Gasteiger partial charge in [-0.2, -0.15) is 0 Å². The molecule has 0 bridgehead atoms. The number of aliphatic hydroxyl groups is 1. The molecule has 0 aliphatic carbocycles. The van der Waals surface area contributed by atoms with Crippen molar-refractivity contribution in [2.24, 2.45) is 5.92 Å². The van der Waals surface area contributed by atoms with Gasteiger partial charge in [0, 0.05) is 37.8 Å². The highest BCUT2D eigenvalue weighted by atomic mass is 16.4. The van der Waals surface area contributed by atoms with Crippen molar-refractivity contribution in [3.8, 4) is 0 Å². The molecule has 1 rings (SSSR count). The van der Waals surface area contributed by atoms with Crippen molar-refractivity contribution in [3.63, 3.8) is 0 Å². The van der Waals surface area contributed by atoms with Crippen LogP contribution < -0.4 is 0 Å². The molecule has 14 heavy (non-hydrogen) atoms. The number of hydrogen-bond acceptors (Lipinski definition) is 3. The summed E-state index contributed by atoms with van der Waals surface area (Å²) >= 11 is 0. The summed E-state index contributed by atoms with van der Waals surface area (Å²) in [6.07, 6.45) is 2.65. The molecule has 1 fully saturated rings. The summed E-state index contributed by atoms with van der Waals surface area (Å²) in [5, 5.41) is 17.1. The first-order valence-corrected chi connectivity index (χ1v) is 4.44. The van der Waals surface area contributed by atoms with Gasteiger partial charge >= 0.3 is 5.97 Å². The average molecular weight is 199 g/mol. The fourth-order valence-corrected chi connectivity index (χ4v) is 1.43. The summed E-state index contributed by atoms with van der Waals surface area (Å²) in [5.74, 6) is -1.29. The molecule has 5 nitrogen and oxygen atoms in total. The highest BCUT2D eigenvalue weighted by Crippen LogP contribution is 2.15. The lowest BCUT2D eigenvalue weighted by Gasteiger charge is -2.12. The third-order valence-electron chi connectivity index (χ3n) is 2.22. The van der Waals surface area contributed by atoms with E-state index in [1.165, 1.54) is 0 Å². The van der Waals surface area contributed by atoms with Crippen LogP contribution in [0.4, 0.5) is 0 Å². The van der Waals surface area contributed by atoms with Gasteiger partial charge < -0.3 is 15.1 Å². The van der Waals surface area contributed by atoms with Gasteiger partial charge in [-0.25, -0.2) is 4.79 Å². The summed E-state index contributed by atoms with van der Waals surface area (Å²) in [6, 6.07) is 0. The van der Waals surface area contributed by atoms with E-state index in [4.69, 9.17) is 10.2 Å². The lowest BCUT2D eigenvalue weighted by molar-refractivity contribution is -0.132. The standard InChI is InChI=1S/C9H13NO4/c11-6-7-3-4-10(5-7)8(12)1-2-9(13)14/h1-2,7,11H,3-6H2,(H,13,14)/b2-1+. The zero-order valence-corrected chi connectivity index (χ0v) is 7.72. The van der Waals surface area contributed by atoms with Crippen molar-refractivity contribution >= 4 is 11.9 Å². The van der Waals surface area contributed by atoms with E-state index in [9.17, 15) is 9.59 Å². The second-order valence-corrected chi connectivity index (χ2v) is 3.29. The van der Waals surface area contributed by atoms with E-state index in [0.29, 0.717) is 13.1 Å². The number of carboxylic acid groups (broad SMARTS) is 1. The van der Waals surface area contributed by atoms with Gasteiger partial charge in [-0.05, 0) is 6.42 Å². The Labute approximate surface area is 81.6 Å². The Morgan fingerprint density at radius 2 is 2.14 bits per heavy atom. The van der Waals surface area contributed by atoms with Gasteiger partial charge in [-0.3, -0.25) is 4.79 Å². The average Bonchev–Trinajstić information content (AvgIpc) is 2.62. The van der Waals surface area contributed by atoms with Crippen molar-refractivity contribution in [3.05, 3.63) is 12.2 Å². The lowest BCUT2D eigenvalue weighted by Crippen LogP contribution is -2.27. The molecule has 5 heteroatoms. The van der Waals surface area contributed by atoms with Crippen molar-refractivity contribution in [2.75, 3.05) is 19.7 Å². The third kappa shape index (κ3) is 2.85. The minimum absolute atomic E-state index is 0.0758. The Hall–Kier alpha value is -1.36. The molecule has 2 N–H and O–H groups in total. The summed E-state index contributed by atoms with van der Waals surface area (Å²) in [7, 11) is 0. The first-order valence-electron chi connectivity index (χ1n) is 4.44. The number of aliphatic carboxylic acids is 1. The maximum atomic E-state index is 11.3. The smallest absolute Gasteiger partial charge is 0.328 e. The van der Waals surface area contributed by atoms with E-state index in [2.05, 4.69) is 0 Å². The molecular weight excluding hydrogens is 186 g/mol. The maximum absolute atomic E-state index is 11.3. The second kappa shape index (κ2) is 4.76. The molecule has 1 unspecified atom stereocenters. The molecule has 1 atom stereocenters. The summed E-state index contributed by atoms with van der Waals surface area (Å²) in [6.45, 7) is 1.18. The van der Waals surface area contributed by atoms with Crippen molar-refractivity contribution in [2.45, 2.75) is 6.42 Å². The van der Waals surface area contributed by atoms with E-state index < -0.39 is 5.97 Å². The van der Waals surface area contributed by atoms with Gasteiger partial charge in [0.25, 0.3) is 0 Å². The van der Waals surface area contributed by atoms with Crippen LogP contribution >= 0.6 is 0 Å². The van der Waals surface area contributed by atoms with Gasteiger partial charge in [-0.15, -0.1) is 0 Å². The topological polar surface area (TPSA) is 77.8 Å². The van der Waals surface area contributed by atoms with Crippen LogP contribution in [0.2, 0.25) is 0 Å². The van der Waals surface area contributed by atoms with Crippen molar-refractivity contribution < 1.29 is 19.8 Å². The van der Waals surface area contributed by atoms with Crippen LogP contribution in [0, 0.1) is 5.92 Å². The molecule has 1 saturated heterocycles. The quantitative estimate of drug-likeness (QED) is 0.599. The molecule has 1 aliphatic rings. The number of aliphatic hydroxyl groups excluding tert-OH is 1. The summed E-state index contributed by atoms with van der Waals surface area (Å²) in [5.41, 5.74) is 0. The Kier molecular flexibility index (Phi) is 3.64. The Balaban J connectivity index is 2.43. The first-order chi connectivity index (χ1) is 6.63. The molecule has 1 amide bonds. The second-order valence-electron chi connectivity index (χ2n) is 3.29. The van der Waals surface area contributed by atoms with E-state index >= 15 is 0 Å². The number of likely N-dealkylation sites (tertiary alicyclic amines) is 1. The lowest BCUT2D eigenvalue weighted by atomic mass is 10.1. The van der Waals surface area contributed by atoms with Gasteiger partial charge in [-0.1, -0.05) is 0 Å². The van der Waals surface area contributed by atoms with Gasteiger partial charge in [0.05, 0.1) is 0 Å². The first kappa shape index (κ1) is 10.7. The molecule has 0 radical (unpaired) electrons. The molecule has 1 aliphatic heterocycles. The fraction of sp³-hybridized carbons (Fsp3) is 0.556. The van der Waals surface area contributed by atoms with Gasteiger partial charge in [0.1, 0.15) is 0 Å². The minimum Gasteiger partial charge on any atom is -0.478 e. The molecule has 78 valence electrons. The number of amides is 1. The third-order valence-corrected chi connectivity index (χ3v) is 2.22. The number of carboxylic acids is 1. The maximum Gasteiger partial charge on any atom is 0.328 e. The Morgan fingerprint density at radius 3 is 2.64 bits per heavy atom. The van der Waals surface area contributed by atoms with E-state index in [0.717, 1.165) is 18.6 Å². The highest BCUT2D eigenvalue weighted by Gasteiger charge is 2.24. The fourth-order valence-electron chi connectivity index (χ4n) is 1.43. The molecule has 0 aromatic rings. The van der Waals surface area contributed by atoms with Crippen LogP contribution in [0.1, 0.15) is 6.42 Å². The molecule has 0 saturated carbocycles. The predicted octanol–water partition coefficient (Wildman–Crippen LogP) is -0.532. The molecule has 1 heterocycles. The number of nitrogens with zero attached hydrogens (tertiary/aromatic N) is 1. The van der Waals surface area contributed by atoms with Crippen LogP contribution in [-0.2, 0) is 9.59 Å². The monoisotopic (exact) mass is 199 g/mol. The highest BCUT2D eigenvalue weighted by molar-refractivity contribution is 5.94. The Bertz CT molecular complexity index is 262. The molecule has 0 aromatic carbocycles. The van der Waals surface area contributed by atoms with Crippen molar-refractivity contribution in [1.29, 1.82) is 0 Å². The van der Waals surface area contributed by atoms with Crippen LogP contribution in [0.25, 0.3) is 0 Å². The summed E-state index contributed by atoms with van der Waals surface area (Å²) < 4.78 is 0.